The molecule has 2 aliphatic heterocycles. The molecule has 0 unspecified atom stereocenters. The number of esters is 3. The summed E-state index contributed by atoms with van der Waals surface area (Å²) in [5.41, 5.74) is 0.613. The van der Waals surface area contributed by atoms with E-state index in [0.29, 0.717) is 21.9 Å². The number of carbonyl (C=O) groups is 7. The number of ether oxygens (including phenoxy) is 3. The number of nitrogens with zero attached hydrogens (tertiary/aromatic N) is 7. The molecule has 4 heterocycles. The molecule has 2 N–H and O–H groups in total. The molecule has 5 aromatic rings. The number of hydrogen-bond donors (Lipinski definition) is 2. The number of oxime groups is 1. The zero-order chi connectivity index (χ0) is 46.2. The van der Waals surface area contributed by atoms with E-state index >= 15 is 0 Å². The Bertz CT molecular complexity index is 2690. The van der Waals surface area contributed by atoms with E-state index in [2.05, 4.69) is 36.3 Å². The van der Waals surface area contributed by atoms with E-state index in [1.54, 1.807) is 7.05 Å². The van der Waals surface area contributed by atoms with Crippen molar-refractivity contribution in [1.82, 2.24) is 35.4 Å². The fraction of sp³-hybridized carbons (Fsp3) is 0.220. The van der Waals surface area contributed by atoms with Crippen molar-refractivity contribution >= 4 is 88.4 Å². The zero-order valence-electron chi connectivity index (χ0n) is 34.2. The average molecular weight is 944 g/mol. The molecule has 2 atom stereocenters. The quantitative estimate of drug-likeness (QED) is 0.0209. The van der Waals surface area contributed by atoms with E-state index in [1.165, 1.54) is 45.2 Å². The second kappa shape index (κ2) is 20.4. The van der Waals surface area contributed by atoms with Crippen LogP contribution in [-0.4, -0.2) is 106 Å². The molecule has 7 rings (SSSR count). The van der Waals surface area contributed by atoms with Crippen molar-refractivity contribution < 1.29 is 57.0 Å². The topological polar surface area (TPSA) is 266 Å². The van der Waals surface area contributed by atoms with Crippen LogP contribution in [0.1, 0.15) is 47.1 Å². The number of thioether (sulfide) groups is 2. The van der Waals surface area contributed by atoms with Crippen LogP contribution in [0.15, 0.2) is 111 Å². The lowest BCUT2D eigenvalue weighted by atomic mass is 10.0. The minimum atomic E-state index is -1.25. The number of amides is 3. The minimum absolute atomic E-state index is 0.0180. The number of alkyl halides is 1. The van der Waals surface area contributed by atoms with E-state index in [0.717, 1.165) is 26.2 Å². The summed E-state index contributed by atoms with van der Waals surface area (Å²) in [4.78, 5) is 102. The molecule has 3 amide bonds. The molecule has 334 valence electrons. The monoisotopic (exact) mass is 943 g/mol. The van der Waals surface area contributed by atoms with E-state index in [9.17, 15) is 33.6 Å². The number of anilines is 1. The Morgan fingerprint density at radius 2 is 1.63 bits per heavy atom. The Kier molecular flexibility index (Phi) is 14.3. The summed E-state index contributed by atoms with van der Waals surface area (Å²) in [6, 6.07) is 19.9. The summed E-state index contributed by atoms with van der Waals surface area (Å²) in [7, 11) is 1.66. The Labute approximate surface area is 381 Å². The standard InChI is InChI=1S/C41H34ClN9O12S2/c1-21(52)60-28-15-14-25(16-29(28)61-22(2)53)38(57)63-47-31(27-18-59-40(43-27)44-30(54)17-42)35(55)45-32-36(56)51-33(26(19-64-37(32)51)20-65-41-46-48-49-50(41)3)39(58)62-34(23-10-6-4-7-11-23)24-12-8-5-9-13-24/h4-16,18,32,34,37H,17,19-20H2,1-3H3,(H,45,55)(H,43,44,54)/b47-31-/t32-,37-/m1/s1. The fourth-order valence-electron chi connectivity index (χ4n) is 6.28. The molecule has 0 bridgehead atoms. The van der Waals surface area contributed by atoms with Crippen LogP contribution < -0.4 is 20.1 Å². The van der Waals surface area contributed by atoms with Gasteiger partial charge in [0.25, 0.3) is 11.8 Å². The first kappa shape index (κ1) is 45.6. The summed E-state index contributed by atoms with van der Waals surface area (Å²) in [6.45, 7) is 2.21. The first-order valence-electron chi connectivity index (χ1n) is 19.1. The largest absolute Gasteiger partial charge is 0.448 e. The molecular formula is C41H34ClN9O12S2. The summed E-state index contributed by atoms with van der Waals surface area (Å²) >= 11 is 8.10. The third kappa shape index (κ3) is 10.7. The van der Waals surface area contributed by atoms with E-state index in [-0.39, 0.29) is 40.0 Å². The van der Waals surface area contributed by atoms with Gasteiger partial charge >= 0.3 is 29.9 Å². The first-order valence-corrected chi connectivity index (χ1v) is 21.6. The maximum Gasteiger partial charge on any atom is 0.365 e. The summed E-state index contributed by atoms with van der Waals surface area (Å²) < 4.78 is 23.1. The first-order chi connectivity index (χ1) is 31.3. The van der Waals surface area contributed by atoms with Gasteiger partial charge in [-0.3, -0.25) is 34.2 Å². The number of β-lactam (4-membered cyclic amide) rings is 1. The molecule has 2 aromatic heterocycles. The van der Waals surface area contributed by atoms with Gasteiger partial charge in [0, 0.05) is 32.4 Å². The van der Waals surface area contributed by atoms with Crippen LogP contribution in [0.4, 0.5) is 6.01 Å². The zero-order valence-corrected chi connectivity index (χ0v) is 36.5. The van der Waals surface area contributed by atoms with Crippen molar-refractivity contribution in [2.45, 2.75) is 36.5 Å². The van der Waals surface area contributed by atoms with Crippen molar-refractivity contribution in [2.24, 2.45) is 12.2 Å². The van der Waals surface area contributed by atoms with Gasteiger partial charge < -0.3 is 28.8 Å². The summed E-state index contributed by atoms with van der Waals surface area (Å²) in [5, 5.41) is 19.8. The highest BCUT2D eigenvalue weighted by Crippen LogP contribution is 2.43. The number of oxazole rings is 1. The number of hydrogen-bond acceptors (Lipinski definition) is 19. The van der Waals surface area contributed by atoms with Crippen molar-refractivity contribution in [3.63, 3.8) is 0 Å². The third-order valence-corrected chi connectivity index (χ3v) is 11.8. The minimum Gasteiger partial charge on any atom is -0.448 e. The molecule has 0 aliphatic carbocycles. The molecule has 2 aliphatic rings. The molecule has 24 heteroatoms. The summed E-state index contributed by atoms with van der Waals surface area (Å²) in [6.07, 6.45) is 0.0772. The number of tetrazole rings is 1. The van der Waals surface area contributed by atoms with Crippen LogP contribution in [-0.2, 0) is 45.4 Å². The van der Waals surface area contributed by atoms with Gasteiger partial charge in [-0.25, -0.2) is 14.3 Å². The number of fused-ring (bicyclic) bond motifs is 1. The fourth-order valence-corrected chi connectivity index (χ4v) is 8.68. The van der Waals surface area contributed by atoms with Crippen molar-refractivity contribution in [1.29, 1.82) is 0 Å². The molecule has 65 heavy (non-hydrogen) atoms. The maximum atomic E-state index is 14.5. The Hall–Kier alpha value is -7.37. The lowest BCUT2D eigenvalue weighted by Gasteiger charge is -2.49. The molecule has 0 spiro atoms. The van der Waals surface area contributed by atoms with Gasteiger partial charge in [-0.15, -0.1) is 28.5 Å². The van der Waals surface area contributed by atoms with Crippen molar-refractivity contribution in [3.8, 4) is 11.5 Å². The van der Waals surface area contributed by atoms with E-state index in [1.807, 2.05) is 60.7 Å². The molecule has 3 aromatic carbocycles. The number of aromatic nitrogens is 5. The second-order valence-electron chi connectivity index (χ2n) is 13.7. The van der Waals surface area contributed by atoms with Crippen molar-refractivity contribution in [3.05, 3.63) is 119 Å². The number of rotatable bonds is 16. The van der Waals surface area contributed by atoms with Gasteiger partial charge in [0.1, 0.15) is 34.9 Å². The van der Waals surface area contributed by atoms with Crippen LogP contribution in [0.25, 0.3) is 0 Å². The normalized spacial score (nSPS) is 15.7. The van der Waals surface area contributed by atoms with Gasteiger partial charge in [-0.05, 0) is 45.3 Å². The molecule has 0 saturated carbocycles. The van der Waals surface area contributed by atoms with Crippen molar-refractivity contribution in [2.75, 3.05) is 22.7 Å². The summed E-state index contributed by atoms with van der Waals surface area (Å²) in [5.74, 6) is -6.44. The second-order valence-corrected chi connectivity index (χ2v) is 16.0. The third-order valence-electron chi connectivity index (χ3n) is 9.15. The van der Waals surface area contributed by atoms with E-state index in [4.69, 9.17) is 35.1 Å². The molecule has 0 radical (unpaired) electrons. The lowest BCUT2D eigenvalue weighted by Crippen LogP contribution is -2.71. The molecule has 1 fully saturated rings. The Morgan fingerprint density at radius 3 is 2.26 bits per heavy atom. The van der Waals surface area contributed by atoms with Crippen LogP contribution in [0.5, 0.6) is 11.5 Å². The average Bonchev–Trinajstić information content (AvgIpc) is 3.94. The Balaban J connectivity index is 1.16. The van der Waals surface area contributed by atoms with Gasteiger partial charge in [0.2, 0.25) is 11.1 Å². The number of halogens is 1. The predicted octanol–water partition coefficient (Wildman–Crippen LogP) is 3.57. The van der Waals surface area contributed by atoms with Crippen LogP contribution in [0, 0.1) is 0 Å². The van der Waals surface area contributed by atoms with E-state index < -0.39 is 76.7 Å². The highest BCUT2D eigenvalue weighted by molar-refractivity contribution is 8.01. The number of benzene rings is 3. The van der Waals surface area contributed by atoms with Gasteiger partial charge in [0.05, 0.1) is 5.56 Å². The lowest BCUT2D eigenvalue weighted by molar-refractivity contribution is -0.154. The highest BCUT2D eigenvalue weighted by atomic mass is 35.5. The number of carbonyl (C=O) groups excluding carboxylic acids is 7. The highest BCUT2D eigenvalue weighted by Gasteiger charge is 2.55. The van der Waals surface area contributed by atoms with Gasteiger partial charge in [-0.2, -0.15) is 4.98 Å². The number of nitrogens with one attached hydrogen (secondary N) is 2. The van der Waals surface area contributed by atoms with Crippen LogP contribution in [0.2, 0.25) is 0 Å². The Morgan fingerprint density at radius 1 is 0.954 bits per heavy atom. The predicted molar refractivity (Wildman–Crippen MR) is 229 cm³/mol. The molecular weight excluding hydrogens is 910 g/mol. The number of aryl methyl sites for hydroxylation is 1. The van der Waals surface area contributed by atoms with Crippen LogP contribution >= 0.6 is 35.1 Å². The smallest absolute Gasteiger partial charge is 0.365 e. The van der Waals surface area contributed by atoms with Crippen LogP contribution in [0.3, 0.4) is 0 Å². The van der Waals surface area contributed by atoms with Gasteiger partial charge in [0.15, 0.2) is 23.3 Å². The molecule has 1 saturated heterocycles. The SMILES string of the molecule is CC(=O)Oc1ccc(C(=O)O/N=C(\C(=O)N[C@@H]2C(=O)N3C(C(=O)OC(c4ccccc4)c4ccccc4)=C(CSc4nnnn4C)CS[C@H]23)c2coc(NC(=O)CCl)n2)cc1OC(C)=O. The van der Waals surface area contributed by atoms with Gasteiger partial charge in [-0.1, -0.05) is 77.6 Å². The molecule has 21 nitrogen and oxygen atoms in total. The maximum absolute atomic E-state index is 14.5.